The predicted molar refractivity (Wildman–Crippen MR) is 61.9 cm³/mol. The molecule has 3 N–H and O–H groups in total. The summed E-state index contributed by atoms with van der Waals surface area (Å²) in [4.78, 5) is 11.4. The topological polar surface area (TPSA) is 64.4 Å². The van der Waals surface area contributed by atoms with Crippen LogP contribution in [0.5, 0.6) is 0 Å². The van der Waals surface area contributed by atoms with Crippen molar-refractivity contribution < 1.29 is 9.53 Å². The van der Waals surface area contributed by atoms with E-state index in [2.05, 4.69) is 5.32 Å². The maximum Gasteiger partial charge on any atom is 0.222 e. The first kappa shape index (κ1) is 11.9. The summed E-state index contributed by atoms with van der Waals surface area (Å²) in [6.07, 6.45) is 6.64. The fraction of sp³-hybridized carbons (Fsp3) is 0.917. The van der Waals surface area contributed by atoms with E-state index in [0.717, 1.165) is 38.9 Å². The van der Waals surface area contributed by atoms with Crippen molar-refractivity contribution in [2.24, 2.45) is 11.7 Å². The molecule has 0 aromatic heterocycles. The Bertz CT molecular complexity index is 239. The molecule has 1 heterocycles. The molecule has 0 aromatic rings. The van der Waals surface area contributed by atoms with E-state index in [-0.39, 0.29) is 17.9 Å². The predicted octanol–water partition coefficient (Wildman–Crippen LogP) is 0.799. The maximum atomic E-state index is 11.4. The number of hydrogen-bond donors (Lipinski definition) is 2. The molecule has 3 atom stereocenters. The number of nitrogens with two attached hydrogens (primary N) is 1. The maximum absolute atomic E-state index is 11.4. The molecule has 1 saturated heterocycles. The van der Waals surface area contributed by atoms with Crippen molar-refractivity contribution in [1.29, 1.82) is 0 Å². The Labute approximate surface area is 96.9 Å². The van der Waals surface area contributed by atoms with Crippen LogP contribution in [-0.2, 0) is 9.53 Å². The highest BCUT2D eigenvalue weighted by Gasteiger charge is 2.30. The van der Waals surface area contributed by atoms with E-state index in [9.17, 15) is 4.79 Å². The summed E-state index contributed by atoms with van der Waals surface area (Å²) in [5.74, 6) is -0.124. The van der Waals surface area contributed by atoms with Crippen LogP contribution in [0.25, 0.3) is 0 Å². The summed E-state index contributed by atoms with van der Waals surface area (Å²) >= 11 is 0. The minimum atomic E-state index is -0.140. The number of nitrogens with one attached hydrogen (secondary N) is 1. The highest BCUT2D eigenvalue weighted by atomic mass is 16.5. The molecule has 1 aliphatic carbocycles. The van der Waals surface area contributed by atoms with Crippen molar-refractivity contribution in [1.82, 2.24) is 5.32 Å². The number of hydrogen-bond acceptors (Lipinski definition) is 3. The Kier molecular flexibility index (Phi) is 4.18. The lowest BCUT2D eigenvalue weighted by Crippen LogP contribution is -2.46. The fourth-order valence-electron chi connectivity index (χ4n) is 2.82. The average Bonchev–Trinajstić information content (AvgIpc) is 2.63. The van der Waals surface area contributed by atoms with E-state index in [1.807, 2.05) is 0 Å². The Morgan fingerprint density at radius 3 is 2.69 bits per heavy atom. The molecule has 1 saturated carbocycles. The zero-order valence-corrected chi connectivity index (χ0v) is 9.78. The molecule has 2 rings (SSSR count). The quantitative estimate of drug-likeness (QED) is 0.700. The summed E-state index contributed by atoms with van der Waals surface area (Å²) in [6.45, 7) is 1.62. The van der Waals surface area contributed by atoms with Gasteiger partial charge in [-0.1, -0.05) is 19.3 Å². The van der Waals surface area contributed by atoms with E-state index in [1.165, 1.54) is 12.8 Å². The smallest absolute Gasteiger partial charge is 0.222 e. The minimum absolute atomic E-state index is 0.0168. The van der Waals surface area contributed by atoms with Gasteiger partial charge in [0.05, 0.1) is 12.5 Å². The monoisotopic (exact) mass is 226 g/mol. The fourth-order valence-corrected chi connectivity index (χ4v) is 2.82. The van der Waals surface area contributed by atoms with Gasteiger partial charge >= 0.3 is 0 Å². The van der Waals surface area contributed by atoms with Crippen molar-refractivity contribution in [2.45, 2.75) is 50.6 Å². The highest BCUT2D eigenvalue weighted by molar-refractivity contribution is 5.77. The molecule has 4 heteroatoms. The molecule has 2 aliphatic rings. The van der Waals surface area contributed by atoms with Gasteiger partial charge in [0, 0.05) is 18.7 Å². The second-order valence-electron chi connectivity index (χ2n) is 4.98. The van der Waals surface area contributed by atoms with Gasteiger partial charge in [-0.05, 0) is 19.3 Å². The summed E-state index contributed by atoms with van der Waals surface area (Å²) in [7, 11) is 0. The molecule has 0 radical (unpaired) electrons. The lowest BCUT2D eigenvalue weighted by molar-refractivity contribution is -0.123. The van der Waals surface area contributed by atoms with E-state index < -0.39 is 0 Å². The largest absolute Gasteiger partial charge is 0.380 e. The third kappa shape index (κ3) is 2.95. The third-order valence-corrected chi connectivity index (χ3v) is 3.76. The first-order valence-corrected chi connectivity index (χ1v) is 6.40. The van der Waals surface area contributed by atoms with Gasteiger partial charge in [-0.3, -0.25) is 4.79 Å². The van der Waals surface area contributed by atoms with E-state index >= 15 is 0 Å². The van der Waals surface area contributed by atoms with Crippen LogP contribution in [0.2, 0.25) is 0 Å². The van der Waals surface area contributed by atoms with Gasteiger partial charge in [0.2, 0.25) is 5.91 Å². The lowest BCUT2D eigenvalue weighted by Gasteiger charge is -2.26. The molecule has 0 bridgehead atoms. The molecular weight excluding hydrogens is 204 g/mol. The molecule has 2 fully saturated rings. The van der Waals surface area contributed by atoms with E-state index in [0.29, 0.717) is 6.04 Å². The Balaban J connectivity index is 1.93. The summed E-state index contributed by atoms with van der Waals surface area (Å²) in [6, 6.07) is 0.691. The zero-order valence-electron chi connectivity index (χ0n) is 9.78. The second kappa shape index (κ2) is 5.64. The third-order valence-electron chi connectivity index (χ3n) is 3.76. The van der Waals surface area contributed by atoms with Crippen LogP contribution >= 0.6 is 0 Å². The first-order valence-electron chi connectivity index (χ1n) is 6.40. The van der Waals surface area contributed by atoms with Crippen molar-refractivity contribution in [3.63, 3.8) is 0 Å². The normalized spacial score (nSPS) is 35.9. The van der Waals surface area contributed by atoms with Crippen LogP contribution < -0.4 is 11.1 Å². The summed E-state index contributed by atoms with van der Waals surface area (Å²) in [5.41, 5.74) is 5.49. The number of carbonyl (C=O) groups excluding carboxylic acids is 1. The minimum Gasteiger partial charge on any atom is -0.380 e. The van der Waals surface area contributed by atoms with E-state index in [1.54, 1.807) is 0 Å². The van der Waals surface area contributed by atoms with Crippen LogP contribution in [-0.4, -0.2) is 31.2 Å². The Morgan fingerprint density at radius 2 is 2.00 bits per heavy atom. The van der Waals surface area contributed by atoms with Gasteiger partial charge in [-0.2, -0.15) is 0 Å². The SMILES string of the molecule is NC(=O)C1CCCCCC1NC1CCOC1. The molecule has 0 spiro atoms. The van der Waals surface area contributed by atoms with Gasteiger partial charge in [0.15, 0.2) is 0 Å². The van der Waals surface area contributed by atoms with Crippen molar-refractivity contribution >= 4 is 5.91 Å². The molecular formula is C12H22N2O2. The molecule has 92 valence electrons. The average molecular weight is 226 g/mol. The van der Waals surface area contributed by atoms with Crippen LogP contribution in [0.15, 0.2) is 0 Å². The number of ether oxygens (including phenoxy) is 1. The summed E-state index contributed by atoms with van der Waals surface area (Å²) in [5, 5.41) is 3.56. The molecule has 3 unspecified atom stereocenters. The van der Waals surface area contributed by atoms with Gasteiger partial charge in [0.1, 0.15) is 0 Å². The molecule has 16 heavy (non-hydrogen) atoms. The Morgan fingerprint density at radius 1 is 1.19 bits per heavy atom. The van der Waals surface area contributed by atoms with Crippen LogP contribution in [0, 0.1) is 5.92 Å². The van der Waals surface area contributed by atoms with Gasteiger partial charge in [0.25, 0.3) is 0 Å². The van der Waals surface area contributed by atoms with Crippen LogP contribution in [0.3, 0.4) is 0 Å². The van der Waals surface area contributed by atoms with E-state index in [4.69, 9.17) is 10.5 Å². The number of carbonyl (C=O) groups is 1. The molecule has 1 amide bonds. The zero-order chi connectivity index (χ0) is 11.4. The van der Waals surface area contributed by atoms with Gasteiger partial charge in [-0.25, -0.2) is 0 Å². The molecule has 1 aliphatic heterocycles. The highest BCUT2D eigenvalue weighted by Crippen LogP contribution is 2.24. The van der Waals surface area contributed by atoms with Gasteiger partial charge in [-0.15, -0.1) is 0 Å². The second-order valence-corrected chi connectivity index (χ2v) is 4.98. The summed E-state index contributed by atoms with van der Waals surface area (Å²) < 4.78 is 5.35. The number of amides is 1. The Hall–Kier alpha value is -0.610. The standard InChI is InChI=1S/C12H22N2O2/c13-12(15)10-4-2-1-3-5-11(10)14-9-6-7-16-8-9/h9-11,14H,1-8H2,(H2,13,15). The number of primary amides is 1. The van der Waals surface area contributed by atoms with Crippen LogP contribution in [0.4, 0.5) is 0 Å². The molecule has 0 aromatic carbocycles. The first-order chi connectivity index (χ1) is 7.77. The van der Waals surface area contributed by atoms with Crippen molar-refractivity contribution in [3.8, 4) is 0 Å². The van der Waals surface area contributed by atoms with Gasteiger partial charge < -0.3 is 15.8 Å². The van der Waals surface area contributed by atoms with Crippen molar-refractivity contribution in [2.75, 3.05) is 13.2 Å². The van der Waals surface area contributed by atoms with Crippen molar-refractivity contribution in [3.05, 3.63) is 0 Å². The van der Waals surface area contributed by atoms with Crippen LogP contribution in [0.1, 0.15) is 38.5 Å². The lowest BCUT2D eigenvalue weighted by atomic mass is 9.93. The molecule has 4 nitrogen and oxygen atoms in total. The number of rotatable bonds is 3.